The Morgan fingerprint density at radius 1 is 1.25 bits per heavy atom. The van der Waals surface area contributed by atoms with Crippen molar-refractivity contribution in [1.29, 1.82) is 0 Å². The molecule has 128 valence electrons. The molecule has 1 fully saturated rings. The number of likely N-dealkylation sites (tertiary alicyclic amines) is 1. The zero-order valence-corrected chi connectivity index (χ0v) is 13.6. The Balaban J connectivity index is 1.67. The number of amides is 1. The Kier molecular flexibility index (Phi) is 4.75. The van der Waals surface area contributed by atoms with E-state index in [0.717, 1.165) is 30.3 Å². The van der Waals surface area contributed by atoms with E-state index >= 15 is 0 Å². The number of alkyl halides is 3. The highest BCUT2D eigenvalue weighted by Crippen LogP contribution is 2.35. The summed E-state index contributed by atoms with van der Waals surface area (Å²) >= 11 is 0.586. The molecule has 0 spiro atoms. The van der Waals surface area contributed by atoms with E-state index in [0.29, 0.717) is 30.8 Å². The van der Waals surface area contributed by atoms with Crippen molar-refractivity contribution < 1.29 is 18.0 Å². The quantitative estimate of drug-likeness (QED) is 0.885. The summed E-state index contributed by atoms with van der Waals surface area (Å²) in [6.45, 7) is 1.65. The third-order valence-corrected chi connectivity index (χ3v) is 4.87. The molecule has 0 saturated carbocycles. The largest absolute Gasteiger partial charge is 0.427 e. The maximum atomic E-state index is 12.6. The van der Waals surface area contributed by atoms with Crippen molar-refractivity contribution in [2.75, 3.05) is 11.9 Å². The van der Waals surface area contributed by atoms with Crippen molar-refractivity contribution in [2.45, 2.75) is 32.1 Å². The second-order valence-electron chi connectivity index (χ2n) is 5.57. The van der Waals surface area contributed by atoms with Crippen molar-refractivity contribution >= 4 is 22.4 Å². The third kappa shape index (κ3) is 3.87. The van der Waals surface area contributed by atoms with Crippen molar-refractivity contribution in [3.8, 4) is 0 Å². The number of carbonyl (C=O) groups is 1. The Morgan fingerprint density at radius 2 is 2.00 bits per heavy atom. The number of rotatable bonds is 5. The van der Waals surface area contributed by atoms with Crippen molar-refractivity contribution in [1.82, 2.24) is 9.88 Å². The average molecular weight is 355 g/mol. The van der Waals surface area contributed by atoms with Gasteiger partial charge in [0.15, 0.2) is 5.13 Å². The van der Waals surface area contributed by atoms with Crippen LogP contribution in [0, 0.1) is 0 Å². The second-order valence-corrected chi connectivity index (χ2v) is 6.60. The molecule has 1 aliphatic rings. The van der Waals surface area contributed by atoms with Crippen LogP contribution in [0.25, 0.3) is 0 Å². The van der Waals surface area contributed by atoms with Crippen molar-refractivity contribution in [2.24, 2.45) is 0 Å². The number of aromatic nitrogens is 1. The molecule has 1 amide bonds. The van der Waals surface area contributed by atoms with Crippen molar-refractivity contribution in [3.63, 3.8) is 0 Å². The molecule has 2 aromatic rings. The van der Waals surface area contributed by atoms with Gasteiger partial charge >= 0.3 is 6.18 Å². The minimum atomic E-state index is -4.37. The first-order chi connectivity index (χ1) is 11.4. The molecule has 1 aromatic carbocycles. The van der Waals surface area contributed by atoms with Gasteiger partial charge in [0, 0.05) is 26.1 Å². The van der Waals surface area contributed by atoms with Crippen LogP contribution >= 0.6 is 11.3 Å². The van der Waals surface area contributed by atoms with E-state index < -0.39 is 11.1 Å². The summed E-state index contributed by atoms with van der Waals surface area (Å²) in [6, 6.07) is 7.60. The number of nitrogens with one attached hydrogen (secondary N) is 1. The molecule has 0 bridgehead atoms. The molecule has 24 heavy (non-hydrogen) atoms. The summed E-state index contributed by atoms with van der Waals surface area (Å²) in [5.74, 6) is 0.146. The number of benzene rings is 1. The van der Waals surface area contributed by atoms with Crippen molar-refractivity contribution in [3.05, 3.63) is 46.5 Å². The predicted octanol–water partition coefficient (Wildman–Crippen LogP) is 3.90. The molecule has 1 aliphatic heterocycles. The van der Waals surface area contributed by atoms with E-state index in [2.05, 4.69) is 10.3 Å². The van der Waals surface area contributed by atoms with Gasteiger partial charge in [-0.3, -0.25) is 4.79 Å². The summed E-state index contributed by atoms with van der Waals surface area (Å²) in [5.41, 5.74) is 1.94. The van der Waals surface area contributed by atoms with Crippen LogP contribution in [0.3, 0.4) is 0 Å². The first kappa shape index (κ1) is 16.8. The van der Waals surface area contributed by atoms with Gasteiger partial charge in [0.1, 0.15) is 4.88 Å². The zero-order valence-electron chi connectivity index (χ0n) is 12.8. The Bertz CT molecular complexity index is 729. The number of thiazole rings is 1. The van der Waals surface area contributed by atoms with Crippen LogP contribution in [0.4, 0.5) is 18.3 Å². The normalized spacial score (nSPS) is 15.1. The number of hydrogen-bond acceptors (Lipinski definition) is 4. The Hall–Kier alpha value is -2.09. The molecule has 2 heterocycles. The lowest BCUT2D eigenvalue weighted by atomic mass is 10.1. The number of halogens is 3. The SMILES string of the molecule is O=C1CCCN1Cc1ccccc1CNc1ncc(C(F)(F)F)s1. The molecular formula is C16H16F3N3OS. The molecule has 4 nitrogen and oxygen atoms in total. The van der Waals surface area contributed by atoms with Gasteiger partial charge < -0.3 is 10.2 Å². The standard InChI is InChI=1S/C16H16F3N3OS/c17-16(18,19)13-9-21-15(24-13)20-8-11-4-1-2-5-12(11)10-22-7-3-6-14(22)23/h1-2,4-5,9H,3,6-8,10H2,(H,20,21). The van der Waals surface area contributed by atoms with Crippen LogP contribution in [0.1, 0.15) is 28.8 Å². The monoisotopic (exact) mass is 355 g/mol. The van der Waals surface area contributed by atoms with E-state index in [4.69, 9.17) is 0 Å². The topological polar surface area (TPSA) is 45.2 Å². The van der Waals surface area contributed by atoms with E-state index in [9.17, 15) is 18.0 Å². The number of hydrogen-bond donors (Lipinski definition) is 1. The van der Waals surface area contributed by atoms with Crippen LogP contribution in [0.2, 0.25) is 0 Å². The number of carbonyl (C=O) groups excluding carboxylic acids is 1. The third-order valence-electron chi connectivity index (χ3n) is 3.87. The lowest BCUT2D eigenvalue weighted by Gasteiger charge is -2.18. The number of anilines is 1. The predicted molar refractivity (Wildman–Crippen MR) is 85.5 cm³/mol. The van der Waals surface area contributed by atoms with E-state index in [1.165, 1.54) is 0 Å². The van der Waals surface area contributed by atoms with Gasteiger partial charge in [-0.05, 0) is 17.5 Å². The first-order valence-corrected chi connectivity index (χ1v) is 8.36. The summed E-state index contributed by atoms with van der Waals surface area (Å²) in [5, 5.41) is 3.16. The fourth-order valence-electron chi connectivity index (χ4n) is 2.62. The van der Waals surface area contributed by atoms with Gasteiger partial charge in [-0.15, -0.1) is 0 Å². The molecule has 1 N–H and O–H groups in total. The van der Waals surface area contributed by atoms with Gasteiger partial charge in [0.25, 0.3) is 0 Å². The summed E-state index contributed by atoms with van der Waals surface area (Å²) in [6.07, 6.45) is -2.08. The van der Waals surface area contributed by atoms with E-state index in [-0.39, 0.29) is 11.0 Å². The molecule has 0 atom stereocenters. The second kappa shape index (κ2) is 6.80. The Morgan fingerprint density at radius 3 is 2.62 bits per heavy atom. The summed E-state index contributed by atoms with van der Waals surface area (Å²) in [4.78, 5) is 16.6. The number of nitrogens with zero attached hydrogens (tertiary/aromatic N) is 2. The first-order valence-electron chi connectivity index (χ1n) is 7.55. The average Bonchev–Trinajstić information content (AvgIpc) is 3.16. The van der Waals surface area contributed by atoms with Crippen LogP contribution in [-0.4, -0.2) is 22.3 Å². The maximum Gasteiger partial charge on any atom is 0.427 e. The molecular weight excluding hydrogens is 339 g/mol. The minimum absolute atomic E-state index is 0.146. The van der Waals surface area contributed by atoms with Gasteiger partial charge in [-0.1, -0.05) is 35.6 Å². The zero-order chi connectivity index (χ0) is 17.2. The van der Waals surface area contributed by atoms with E-state index in [1.54, 1.807) is 0 Å². The van der Waals surface area contributed by atoms with Crippen LogP contribution < -0.4 is 5.32 Å². The maximum absolute atomic E-state index is 12.6. The van der Waals surface area contributed by atoms with Crippen LogP contribution in [-0.2, 0) is 24.1 Å². The molecule has 3 rings (SSSR count). The molecule has 0 radical (unpaired) electrons. The lowest BCUT2D eigenvalue weighted by molar-refractivity contribution is -0.134. The fraction of sp³-hybridized carbons (Fsp3) is 0.375. The molecule has 8 heteroatoms. The van der Waals surface area contributed by atoms with Crippen LogP contribution in [0.15, 0.2) is 30.5 Å². The highest BCUT2D eigenvalue weighted by Gasteiger charge is 2.33. The van der Waals surface area contributed by atoms with Crippen LogP contribution in [0.5, 0.6) is 0 Å². The molecule has 1 saturated heterocycles. The van der Waals surface area contributed by atoms with Gasteiger partial charge in [-0.25, -0.2) is 4.98 Å². The smallest absolute Gasteiger partial charge is 0.357 e. The molecule has 0 unspecified atom stereocenters. The van der Waals surface area contributed by atoms with Gasteiger partial charge in [0.2, 0.25) is 5.91 Å². The summed E-state index contributed by atoms with van der Waals surface area (Å²) in [7, 11) is 0. The lowest BCUT2D eigenvalue weighted by Crippen LogP contribution is -2.24. The molecule has 0 aliphatic carbocycles. The Labute approximate surface area is 141 Å². The fourth-order valence-corrected chi connectivity index (χ4v) is 3.30. The summed E-state index contributed by atoms with van der Waals surface area (Å²) < 4.78 is 37.8. The van der Waals surface area contributed by atoms with E-state index in [1.807, 2.05) is 29.2 Å². The van der Waals surface area contributed by atoms with Gasteiger partial charge in [-0.2, -0.15) is 13.2 Å². The highest BCUT2D eigenvalue weighted by atomic mass is 32.1. The van der Waals surface area contributed by atoms with Gasteiger partial charge in [0.05, 0.1) is 6.20 Å². The minimum Gasteiger partial charge on any atom is -0.357 e. The molecule has 1 aromatic heterocycles. The highest BCUT2D eigenvalue weighted by molar-refractivity contribution is 7.15.